The average Bonchev–Trinajstić information content (AvgIpc) is 2.75. The molecule has 1 unspecified atom stereocenters. The van der Waals surface area contributed by atoms with Gasteiger partial charge in [-0.3, -0.25) is 0 Å². The number of benzene rings is 1. The maximum Gasteiger partial charge on any atom is 0.318 e. The van der Waals surface area contributed by atoms with Crippen molar-refractivity contribution in [3.8, 4) is 0 Å². The highest BCUT2D eigenvalue weighted by Gasteiger charge is 2.24. The van der Waals surface area contributed by atoms with Crippen molar-refractivity contribution in [1.82, 2.24) is 10.2 Å². The molecule has 2 saturated carbocycles. The molecular formula is C25H39N2O. The molecule has 0 bridgehead atoms. The van der Waals surface area contributed by atoms with Crippen LogP contribution in [0.2, 0.25) is 0 Å². The zero-order valence-electron chi connectivity index (χ0n) is 17.8. The molecule has 2 aliphatic carbocycles. The molecule has 1 N–H and O–H groups in total. The van der Waals surface area contributed by atoms with Crippen molar-refractivity contribution < 1.29 is 4.79 Å². The van der Waals surface area contributed by atoms with E-state index in [1.54, 1.807) is 0 Å². The van der Waals surface area contributed by atoms with E-state index in [-0.39, 0.29) is 12.1 Å². The van der Waals surface area contributed by atoms with Crippen molar-refractivity contribution in [2.24, 2.45) is 5.92 Å². The number of carbonyl (C=O) groups is 1. The van der Waals surface area contributed by atoms with Gasteiger partial charge in [0, 0.05) is 12.6 Å². The summed E-state index contributed by atoms with van der Waals surface area (Å²) in [7, 11) is 0. The van der Waals surface area contributed by atoms with Gasteiger partial charge >= 0.3 is 6.03 Å². The summed E-state index contributed by atoms with van der Waals surface area (Å²) in [6, 6.07) is 11.8. The van der Waals surface area contributed by atoms with E-state index >= 15 is 0 Å². The van der Waals surface area contributed by atoms with E-state index in [0.717, 1.165) is 31.7 Å². The van der Waals surface area contributed by atoms with E-state index < -0.39 is 0 Å². The molecule has 1 atom stereocenters. The second-order valence-electron chi connectivity index (χ2n) is 8.99. The first kappa shape index (κ1) is 21.2. The highest BCUT2D eigenvalue weighted by atomic mass is 16.2. The summed E-state index contributed by atoms with van der Waals surface area (Å²) in [4.78, 5) is 15.2. The Morgan fingerprint density at radius 2 is 1.68 bits per heavy atom. The predicted molar refractivity (Wildman–Crippen MR) is 116 cm³/mol. The van der Waals surface area contributed by atoms with Gasteiger partial charge in [0.05, 0.1) is 6.04 Å². The van der Waals surface area contributed by atoms with Crippen molar-refractivity contribution in [2.75, 3.05) is 6.54 Å². The Labute approximate surface area is 172 Å². The minimum absolute atomic E-state index is 0.105. The Hall–Kier alpha value is -1.51. The summed E-state index contributed by atoms with van der Waals surface area (Å²) in [6.07, 6.45) is 16.9. The first-order valence-electron chi connectivity index (χ1n) is 11.8. The van der Waals surface area contributed by atoms with Crippen molar-refractivity contribution in [3.63, 3.8) is 0 Å². The fraction of sp³-hybridized carbons (Fsp3) is 0.720. The summed E-state index contributed by atoms with van der Waals surface area (Å²) in [6.45, 7) is 3.02. The van der Waals surface area contributed by atoms with E-state index in [9.17, 15) is 4.79 Å². The molecule has 3 heteroatoms. The van der Waals surface area contributed by atoms with Gasteiger partial charge in [0.25, 0.3) is 0 Å². The summed E-state index contributed by atoms with van der Waals surface area (Å²) < 4.78 is 0. The van der Waals surface area contributed by atoms with Crippen molar-refractivity contribution >= 4 is 6.03 Å². The molecular weight excluding hydrogens is 344 g/mol. The van der Waals surface area contributed by atoms with Gasteiger partial charge in [0.15, 0.2) is 0 Å². The summed E-state index contributed by atoms with van der Waals surface area (Å²) >= 11 is 0. The summed E-state index contributed by atoms with van der Waals surface area (Å²) in [5.74, 6) is 0.931. The fourth-order valence-electron chi connectivity index (χ4n) is 5.02. The lowest BCUT2D eigenvalue weighted by Crippen LogP contribution is -2.46. The fourth-order valence-corrected chi connectivity index (χ4v) is 5.02. The zero-order valence-corrected chi connectivity index (χ0v) is 17.8. The predicted octanol–water partition coefficient (Wildman–Crippen LogP) is 6.64. The Kier molecular flexibility index (Phi) is 8.70. The van der Waals surface area contributed by atoms with Crippen molar-refractivity contribution in [1.29, 1.82) is 0 Å². The van der Waals surface area contributed by atoms with Crippen LogP contribution in [0.5, 0.6) is 0 Å². The number of unbranched alkanes of at least 4 members (excludes halogenated alkanes) is 1. The highest BCUT2D eigenvalue weighted by molar-refractivity contribution is 5.75. The molecule has 28 heavy (non-hydrogen) atoms. The van der Waals surface area contributed by atoms with Crippen LogP contribution >= 0.6 is 0 Å². The maximum absolute atomic E-state index is 13.1. The number of hydrogen-bond acceptors (Lipinski definition) is 1. The number of rotatable bonds is 8. The van der Waals surface area contributed by atoms with Crippen LogP contribution in [0.1, 0.15) is 102 Å². The first-order chi connectivity index (χ1) is 13.7. The molecule has 0 heterocycles. The highest BCUT2D eigenvalue weighted by Crippen LogP contribution is 2.28. The maximum atomic E-state index is 13.1. The van der Waals surface area contributed by atoms with Gasteiger partial charge in [-0.05, 0) is 43.7 Å². The number of urea groups is 1. The van der Waals surface area contributed by atoms with Gasteiger partial charge in [0.1, 0.15) is 0 Å². The summed E-state index contributed by atoms with van der Waals surface area (Å²) in [5, 5.41) is 3.34. The Morgan fingerprint density at radius 3 is 2.36 bits per heavy atom. The molecule has 155 valence electrons. The quantitative estimate of drug-likeness (QED) is 0.501. The van der Waals surface area contributed by atoms with Gasteiger partial charge in [0.2, 0.25) is 0 Å². The van der Waals surface area contributed by atoms with E-state index in [1.807, 2.05) is 12.1 Å². The minimum Gasteiger partial charge on any atom is -0.335 e. The number of carbonyl (C=O) groups excluding carboxylic acids is 1. The standard InChI is InChI=1S/C25H39N2O/c1-21(23-16-7-3-8-17-23)27(25(28)26-24-18-9-4-10-19-24)20-12-11-15-22-13-5-2-6-14-22/h7-8,16-17,21-22,24H,2,4-6,9-15,18-20H2,1H3,(H,26,28). The van der Waals surface area contributed by atoms with Gasteiger partial charge < -0.3 is 10.2 Å². The van der Waals surface area contributed by atoms with Crippen LogP contribution in [0.3, 0.4) is 0 Å². The van der Waals surface area contributed by atoms with Crippen LogP contribution in [-0.4, -0.2) is 23.5 Å². The first-order valence-corrected chi connectivity index (χ1v) is 11.8. The molecule has 0 spiro atoms. The van der Waals surface area contributed by atoms with Crippen LogP contribution < -0.4 is 5.32 Å². The van der Waals surface area contributed by atoms with Crippen LogP contribution in [0.15, 0.2) is 24.3 Å². The van der Waals surface area contributed by atoms with Gasteiger partial charge in [-0.25, -0.2) is 4.79 Å². The SMILES string of the molecule is CC(c1cc[c]cc1)N(CCCCC1CCCCC1)C(=O)NC1CCCCC1. The molecule has 3 nitrogen and oxygen atoms in total. The molecule has 3 rings (SSSR count). The van der Waals surface area contributed by atoms with E-state index in [0.29, 0.717) is 6.04 Å². The lowest BCUT2D eigenvalue weighted by atomic mass is 9.86. The Bertz CT molecular complexity index is 561. The van der Waals surface area contributed by atoms with E-state index in [4.69, 9.17) is 0 Å². The summed E-state index contributed by atoms with van der Waals surface area (Å²) in [5.41, 5.74) is 1.20. The van der Waals surface area contributed by atoms with Gasteiger partial charge in [-0.2, -0.15) is 0 Å². The average molecular weight is 384 g/mol. The number of amides is 2. The smallest absolute Gasteiger partial charge is 0.318 e. The Balaban J connectivity index is 1.54. The lowest BCUT2D eigenvalue weighted by molar-refractivity contribution is 0.169. The monoisotopic (exact) mass is 383 g/mol. The number of hydrogen-bond donors (Lipinski definition) is 1. The molecule has 2 fully saturated rings. The van der Waals surface area contributed by atoms with Crippen LogP contribution in [0.4, 0.5) is 4.79 Å². The normalized spacial score (nSPS) is 19.9. The molecule has 2 aliphatic rings. The minimum atomic E-state index is 0.105. The largest absolute Gasteiger partial charge is 0.335 e. The molecule has 1 aromatic rings. The van der Waals surface area contributed by atoms with Gasteiger partial charge in [-0.15, -0.1) is 0 Å². The van der Waals surface area contributed by atoms with Crippen molar-refractivity contribution in [2.45, 2.75) is 102 Å². The second kappa shape index (κ2) is 11.5. The third-order valence-corrected chi connectivity index (χ3v) is 6.87. The molecule has 1 aromatic carbocycles. The third-order valence-electron chi connectivity index (χ3n) is 6.87. The molecule has 1 radical (unpaired) electrons. The zero-order chi connectivity index (χ0) is 19.6. The van der Waals surface area contributed by atoms with Crippen LogP contribution in [-0.2, 0) is 0 Å². The van der Waals surface area contributed by atoms with Gasteiger partial charge in [-0.1, -0.05) is 88.5 Å². The Morgan fingerprint density at radius 1 is 1.04 bits per heavy atom. The second-order valence-corrected chi connectivity index (χ2v) is 8.99. The third kappa shape index (κ3) is 6.53. The van der Waals surface area contributed by atoms with E-state index in [1.165, 1.54) is 69.8 Å². The van der Waals surface area contributed by atoms with Crippen LogP contribution in [0, 0.1) is 12.0 Å². The molecule has 0 saturated heterocycles. The molecule has 2 amide bonds. The number of nitrogens with zero attached hydrogens (tertiary/aromatic N) is 1. The van der Waals surface area contributed by atoms with Crippen molar-refractivity contribution in [3.05, 3.63) is 35.9 Å². The number of nitrogens with one attached hydrogen (secondary N) is 1. The molecule has 0 aliphatic heterocycles. The molecule has 0 aromatic heterocycles. The van der Waals surface area contributed by atoms with E-state index in [2.05, 4.69) is 35.3 Å². The lowest BCUT2D eigenvalue weighted by Gasteiger charge is -2.33. The topological polar surface area (TPSA) is 32.3 Å². The van der Waals surface area contributed by atoms with Crippen LogP contribution in [0.25, 0.3) is 0 Å².